The normalized spacial score (nSPS) is 11.0. The zero-order chi connectivity index (χ0) is 14.3. The quantitative estimate of drug-likeness (QED) is 0.736. The van der Waals surface area contributed by atoms with Crippen molar-refractivity contribution in [3.8, 4) is 5.75 Å². The summed E-state index contributed by atoms with van der Waals surface area (Å²) in [6.07, 6.45) is 4.73. The van der Waals surface area contributed by atoms with Gasteiger partial charge in [-0.05, 0) is 46.3 Å². The van der Waals surface area contributed by atoms with E-state index in [1.54, 1.807) is 0 Å². The molecule has 0 saturated carbocycles. The number of rotatable bonds is 7. The van der Waals surface area contributed by atoms with Crippen LogP contribution in [0, 0.1) is 0 Å². The Hall–Kier alpha value is -1.62. The van der Waals surface area contributed by atoms with Gasteiger partial charge in [0.05, 0.1) is 11.8 Å². The van der Waals surface area contributed by atoms with Crippen LogP contribution in [0.5, 0.6) is 5.75 Å². The molecule has 1 aromatic rings. The van der Waals surface area contributed by atoms with E-state index in [1.807, 2.05) is 0 Å². The fourth-order valence-electron chi connectivity index (χ4n) is 1.62. The van der Waals surface area contributed by atoms with Gasteiger partial charge in [-0.1, -0.05) is 0 Å². The number of carbonyl (C=O) groups excluding carboxylic acids is 1. The number of nitrogens with one attached hydrogen (secondary N) is 1. The van der Waals surface area contributed by atoms with E-state index in [4.69, 9.17) is 0 Å². The predicted octanol–water partition coefficient (Wildman–Crippen LogP) is 1.64. The number of carbonyl (C=O) groups is 1. The van der Waals surface area contributed by atoms with Crippen LogP contribution >= 0.6 is 0 Å². The van der Waals surface area contributed by atoms with E-state index in [2.05, 4.69) is 36.1 Å². The van der Waals surface area contributed by atoms with Gasteiger partial charge >= 0.3 is 0 Å². The van der Waals surface area contributed by atoms with Crippen LogP contribution in [0.1, 0.15) is 37.0 Å². The second-order valence-electron chi connectivity index (χ2n) is 4.93. The smallest absolute Gasteiger partial charge is 0.255 e. The van der Waals surface area contributed by atoms with E-state index in [-0.39, 0.29) is 17.2 Å². The number of hydrogen-bond donors (Lipinski definition) is 2. The van der Waals surface area contributed by atoms with Gasteiger partial charge in [0.15, 0.2) is 0 Å². The molecule has 0 aliphatic carbocycles. The van der Waals surface area contributed by atoms with Gasteiger partial charge in [-0.25, -0.2) is 0 Å². The molecule has 1 amide bonds. The van der Waals surface area contributed by atoms with Gasteiger partial charge in [0.2, 0.25) is 0 Å². The first-order valence-electron chi connectivity index (χ1n) is 6.63. The largest absolute Gasteiger partial charge is 0.505 e. The fraction of sp³-hybridized carbons (Fsp3) is 0.571. The SMILES string of the molecule is CC(C)N(C)CCCCNC(=O)c1ccncc1O. The van der Waals surface area contributed by atoms with E-state index in [0.717, 1.165) is 19.4 Å². The molecule has 0 fully saturated rings. The van der Waals surface area contributed by atoms with Crippen LogP contribution in [-0.4, -0.2) is 47.1 Å². The van der Waals surface area contributed by atoms with Gasteiger partial charge < -0.3 is 15.3 Å². The molecule has 0 aliphatic heterocycles. The molecule has 0 aromatic carbocycles. The van der Waals surface area contributed by atoms with Crippen molar-refractivity contribution in [2.24, 2.45) is 0 Å². The van der Waals surface area contributed by atoms with E-state index in [0.29, 0.717) is 12.6 Å². The van der Waals surface area contributed by atoms with Gasteiger partial charge in [-0.15, -0.1) is 0 Å². The maximum Gasteiger partial charge on any atom is 0.255 e. The molecule has 0 aliphatic rings. The number of amides is 1. The summed E-state index contributed by atoms with van der Waals surface area (Å²) in [6.45, 7) is 5.96. The summed E-state index contributed by atoms with van der Waals surface area (Å²) in [7, 11) is 2.10. The average molecular weight is 265 g/mol. The number of aromatic nitrogens is 1. The second-order valence-corrected chi connectivity index (χ2v) is 4.93. The third kappa shape index (κ3) is 5.26. The second kappa shape index (κ2) is 7.74. The number of pyridine rings is 1. The van der Waals surface area contributed by atoms with Crippen molar-refractivity contribution in [2.75, 3.05) is 20.1 Å². The molecule has 0 atom stereocenters. The van der Waals surface area contributed by atoms with E-state index < -0.39 is 0 Å². The maximum atomic E-state index is 11.8. The highest BCUT2D eigenvalue weighted by molar-refractivity contribution is 5.96. The van der Waals surface area contributed by atoms with Gasteiger partial charge in [-0.2, -0.15) is 0 Å². The standard InChI is InChI=1S/C14H23N3O2/c1-11(2)17(3)9-5-4-7-16-14(19)12-6-8-15-10-13(12)18/h6,8,10-11,18H,4-5,7,9H2,1-3H3,(H,16,19). The average Bonchev–Trinajstić information content (AvgIpc) is 2.38. The molecule has 19 heavy (non-hydrogen) atoms. The summed E-state index contributed by atoms with van der Waals surface area (Å²) < 4.78 is 0. The fourth-order valence-corrected chi connectivity index (χ4v) is 1.62. The lowest BCUT2D eigenvalue weighted by molar-refractivity contribution is 0.0949. The Morgan fingerprint density at radius 1 is 1.47 bits per heavy atom. The highest BCUT2D eigenvalue weighted by Gasteiger charge is 2.09. The van der Waals surface area contributed by atoms with E-state index >= 15 is 0 Å². The van der Waals surface area contributed by atoms with Crippen LogP contribution in [0.2, 0.25) is 0 Å². The minimum absolute atomic E-state index is 0.0838. The van der Waals surface area contributed by atoms with Gasteiger partial charge in [0.25, 0.3) is 5.91 Å². The van der Waals surface area contributed by atoms with Crippen LogP contribution < -0.4 is 5.32 Å². The van der Waals surface area contributed by atoms with Crippen LogP contribution in [0.4, 0.5) is 0 Å². The molecule has 5 heteroatoms. The molecular formula is C14H23N3O2. The summed E-state index contributed by atoms with van der Waals surface area (Å²) in [5, 5.41) is 12.3. The number of aromatic hydroxyl groups is 1. The molecule has 1 aromatic heterocycles. The highest BCUT2D eigenvalue weighted by Crippen LogP contribution is 2.13. The zero-order valence-corrected chi connectivity index (χ0v) is 11.9. The molecule has 0 spiro atoms. The number of hydrogen-bond acceptors (Lipinski definition) is 4. The van der Waals surface area contributed by atoms with Crippen molar-refractivity contribution in [3.05, 3.63) is 24.0 Å². The molecule has 1 rings (SSSR count). The molecule has 2 N–H and O–H groups in total. The molecule has 0 radical (unpaired) electrons. The molecule has 0 unspecified atom stereocenters. The van der Waals surface area contributed by atoms with Crippen molar-refractivity contribution >= 4 is 5.91 Å². The van der Waals surface area contributed by atoms with Gasteiger partial charge in [-0.3, -0.25) is 9.78 Å². The number of nitrogens with zero attached hydrogens (tertiary/aromatic N) is 2. The molecule has 106 valence electrons. The first-order valence-corrected chi connectivity index (χ1v) is 6.63. The molecule has 0 saturated heterocycles. The lowest BCUT2D eigenvalue weighted by Gasteiger charge is -2.20. The first-order chi connectivity index (χ1) is 9.02. The monoisotopic (exact) mass is 265 g/mol. The topological polar surface area (TPSA) is 65.5 Å². The van der Waals surface area contributed by atoms with Crippen LogP contribution in [0.15, 0.2) is 18.5 Å². The Morgan fingerprint density at radius 3 is 2.84 bits per heavy atom. The molecule has 1 heterocycles. The summed E-state index contributed by atoms with van der Waals surface area (Å²) in [4.78, 5) is 17.8. The van der Waals surface area contributed by atoms with Crippen molar-refractivity contribution in [1.29, 1.82) is 0 Å². The lowest BCUT2D eigenvalue weighted by atomic mass is 10.2. The molecular weight excluding hydrogens is 242 g/mol. The van der Waals surface area contributed by atoms with Crippen LogP contribution in [-0.2, 0) is 0 Å². The highest BCUT2D eigenvalue weighted by atomic mass is 16.3. The third-order valence-electron chi connectivity index (χ3n) is 3.15. The van der Waals surface area contributed by atoms with Crippen molar-refractivity contribution in [2.45, 2.75) is 32.7 Å². The minimum Gasteiger partial charge on any atom is -0.505 e. The Kier molecular flexibility index (Phi) is 6.29. The van der Waals surface area contributed by atoms with Crippen molar-refractivity contribution in [3.63, 3.8) is 0 Å². The van der Waals surface area contributed by atoms with Crippen LogP contribution in [0.3, 0.4) is 0 Å². The van der Waals surface area contributed by atoms with Crippen molar-refractivity contribution < 1.29 is 9.90 Å². The van der Waals surface area contributed by atoms with Crippen LogP contribution in [0.25, 0.3) is 0 Å². The third-order valence-corrected chi connectivity index (χ3v) is 3.15. The summed E-state index contributed by atoms with van der Waals surface area (Å²) in [5.74, 6) is -0.336. The van der Waals surface area contributed by atoms with E-state index in [9.17, 15) is 9.90 Å². The van der Waals surface area contributed by atoms with Crippen molar-refractivity contribution in [1.82, 2.24) is 15.2 Å². The van der Waals surface area contributed by atoms with Gasteiger partial charge in [0.1, 0.15) is 5.75 Å². The lowest BCUT2D eigenvalue weighted by Crippen LogP contribution is -2.29. The zero-order valence-electron chi connectivity index (χ0n) is 11.9. The number of unbranched alkanes of at least 4 members (excludes halogenated alkanes) is 1. The van der Waals surface area contributed by atoms with Gasteiger partial charge in [0, 0.05) is 18.8 Å². The summed E-state index contributed by atoms with van der Waals surface area (Å²) in [5.41, 5.74) is 0.272. The summed E-state index contributed by atoms with van der Waals surface area (Å²) >= 11 is 0. The summed E-state index contributed by atoms with van der Waals surface area (Å²) in [6, 6.07) is 2.06. The molecule has 5 nitrogen and oxygen atoms in total. The Labute approximate surface area is 114 Å². The maximum absolute atomic E-state index is 11.8. The Balaban J connectivity index is 2.23. The Bertz CT molecular complexity index is 407. The Morgan fingerprint density at radius 2 is 2.21 bits per heavy atom. The van der Waals surface area contributed by atoms with E-state index in [1.165, 1.54) is 18.5 Å². The first kappa shape index (κ1) is 15.4. The minimum atomic E-state index is -0.253. The molecule has 0 bridgehead atoms. The predicted molar refractivity (Wildman–Crippen MR) is 75.2 cm³/mol.